The number of rotatable bonds is 10. The Morgan fingerprint density at radius 1 is 1.21 bits per heavy atom. The average molecular weight is 273 g/mol. The Bertz CT molecular complexity index is 307. The summed E-state index contributed by atoms with van der Waals surface area (Å²) in [6.45, 7) is 2.38. The number of carbonyl (C=O) groups is 3. The van der Waals surface area contributed by atoms with Crippen LogP contribution in [0.25, 0.3) is 0 Å². The van der Waals surface area contributed by atoms with Crippen LogP contribution >= 0.6 is 0 Å². The molecule has 0 saturated heterocycles. The van der Waals surface area contributed by atoms with Crippen molar-refractivity contribution in [3.8, 4) is 0 Å². The Kier molecular flexibility index (Phi) is 9.20. The summed E-state index contributed by atoms with van der Waals surface area (Å²) in [4.78, 5) is 32.8. The second kappa shape index (κ2) is 10.2. The maximum absolute atomic E-state index is 11.5. The van der Waals surface area contributed by atoms with Crippen molar-refractivity contribution in [3.05, 3.63) is 0 Å². The van der Waals surface area contributed by atoms with Crippen molar-refractivity contribution in [2.24, 2.45) is 5.73 Å². The van der Waals surface area contributed by atoms with Crippen LogP contribution in [0.5, 0.6) is 0 Å². The van der Waals surface area contributed by atoms with Gasteiger partial charge in [0.25, 0.3) is 0 Å². The summed E-state index contributed by atoms with van der Waals surface area (Å²) < 4.78 is 0. The van der Waals surface area contributed by atoms with Gasteiger partial charge in [-0.05, 0) is 19.3 Å². The van der Waals surface area contributed by atoms with Crippen molar-refractivity contribution >= 4 is 17.9 Å². The van der Waals surface area contributed by atoms with Gasteiger partial charge < -0.3 is 21.5 Å². The lowest BCUT2D eigenvalue weighted by Gasteiger charge is -2.13. The van der Waals surface area contributed by atoms with Crippen LogP contribution in [0.4, 0.5) is 4.79 Å². The van der Waals surface area contributed by atoms with E-state index in [0.29, 0.717) is 25.8 Å². The van der Waals surface area contributed by atoms with E-state index in [4.69, 9.17) is 10.8 Å². The molecule has 5 N–H and O–H groups in total. The zero-order valence-corrected chi connectivity index (χ0v) is 11.3. The monoisotopic (exact) mass is 273 g/mol. The lowest BCUT2D eigenvalue weighted by atomic mass is 10.1. The fraction of sp³-hybridized carbons (Fsp3) is 0.750. The molecular weight excluding hydrogens is 250 g/mol. The lowest BCUT2D eigenvalue weighted by Crippen LogP contribution is -2.40. The van der Waals surface area contributed by atoms with Crippen molar-refractivity contribution in [2.75, 3.05) is 6.54 Å². The molecule has 0 rings (SSSR count). The number of hydrogen-bond donors (Lipinski definition) is 4. The molecule has 0 aromatic carbocycles. The van der Waals surface area contributed by atoms with E-state index in [2.05, 4.69) is 10.6 Å². The molecule has 0 heterocycles. The quantitative estimate of drug-likeness (QED) is 0.435. The fourth-order valence-electron chi connectivity index (χ4n) is 1.55. The molecule has 3 amide bonds. The second-order valence-electron chi connectivity index (χ2n) is 4.35. The molecule has 0 aromatic rings. The number of urea groups is 1. The van der Waals surface area contributed by atoms with E-state index >= 15 is 0 Å². The molecule has 0 aliphatic rings. The van der Waals surface area contributed by atoms with Crippen LogP contribution in [0, 0.1) is 0 Å². The van der Waals surface area contributed by atoms with Gasteiger partial charge in [-0.25, -0.2) is 9.59 Å². The predicted octanol–water partition coefficient (Wildman–Crippen LogP) is 0.585. The number of aliphatic carboxylic acids is 1. The fourth-order valence-corrected chi connectivity index (χ4v) is 1.55. The Labute approximate surface area is 112 Å². The van der Waals surface area contributed by atoms with Crippen LogP contribution in [0.3, 0.4) is 0 Å². The first kappa shape index (κ1) is 17.2. The first-order valence-corrected chi connectivity index (χ1v) is 6.52. The van der Waals surface area contributed by atoms with Gasteiger partial charge in [-0.15, -0.1) is 0 Å². The summed E-state index contributed by atoms with van der Waals surface area (Å²) in [5.41, 5.74) is 4.89. The number of primary amides is 1. The molecule has 0 aliphatic carbocycles. The summed E-state index contributed by atoms with van der Waals surface area (Å²) in [6.07, 6.45) is 3.55. The average Bonchev–Trinajstić information content (AvgIpc) is 2.33. The molecule has 0 saturated carbocycles. The van der Waals surface area contributed by atoms with Crippen molar-refractivity contribution < 1.29 is 19.5 Å². The molecule has 110 valence electrons. The minimum atomic E-state index is -1.00. The van der Waals surface area contributed by atoms with E-state index in [1.165, 1.54) is 0 Å². The summed E-state index contributed by atoms with van der Waals surface area (Å²) in [5.74, 6) is -1.28. The Morgan fingerprint density at radius 3 is 2.42 bits per heavy atom. The van der Waals surface area contributed by atoms with Gasteiger partial charge in [-0.3, -0.25) is 4.79 Å². The van der Waals surface area contributed by atoms with Crippen LogP contribution in [0.1, 0.15) is 45.4 Å². The summed E-state index contributed by atoms with van der Waals surface area (Å²) in [6, 6.07) is -1.40. The normalized spacial score (nSPS) is 11.6. The number of carboxylic acids is 1. The molecule has 7 heteroatoms. The zero-order valence-electron chi connectivity index (χ0n) is 11.3. The van der Waals surface area contributed by atoms with Crippen molar-refractivity contribution in [2.45, 2.75) is 51.5 Å². The number of unbranched alkanes of at least 4 members (excludes halogenated alkanes) is 2. The summed E-state index contributed by atoms with van der Waals surface area (Å²) in [5, 5.41) is 13.9. The highest BCUT2D eigenvalue weighted by Gasteiger charge is 2.18. The molecule has 0 radical (unpaired) electrons. The van der Waals surface area contributed by atoms with Crippen molar-refractivity contribution in [1.82, 2.24) is 10.6 Å². The highest BCUT2D eigenvalue weighted by atomic mass is 16.4. The molecule has 0 bridgehead atoms. The van der Waals surface area contributed by atoms with E-state index < -0.39 is 18.0 Å². The highest BCUT2D eigenvalue weighted by molar-refractivity contribution is 5.83. The third-order valence-electron chi connectivity index (χ3n) is 2.61. The molecule has 0 fully saturated rings. The number of nitrogens with two attached hydrogens (primary N) is 1. The van der Waals surface area contributed by atoms with Gasteiger partial charge in [0, 0.05) is 13.0 Å². The topological polar surface area (TPSA) is 122 Å². The van der Waals surface area contributed by atoms with Crippen LogP contribution in [0.2, 0.25) is 0 Å². The van der Waals surface area contributed by atoms with Crippen LogP contribution in [-0.2, 0) is 9.59 Å². The number of carboxylic acid groups (broad SMARTS) is 1. The Balaban J connectivity index is 3.80. The zero-order chi connectivity index (χ0) is 14.7. The number of amides is 3. The Morgan fingerprint density at radius 2 is 1.89 bits per heavy atom. The van der Waals surface area contributed by atoms with E-state index in [0.717, 1.165) is 12.8 Å². The SMILES string of the molecule is CCCC[C@H](NC(=O)CCCCNC(N)=O)C(=O)O. The van der Waals surface area contributed by atoms with Crippen LogP contribution < -0.4 is 16.4 Å². The first-order valence-electron chi connectivity index (χ1n) is 6.52. The molecule has 0 aromatic heterocycles. The van der Waals surface area contributed by atoms with Gasteiger partial charge in [0.05, 0.1) is 0 Å². The van der Waals surface area contributed by atoms with E-state index in [1.807, 2.05) is 6.92 Å². The highest BCUT2D eigenvalue weighted by Crippen LogP contribution is 2.02. The summed E-state index contributed by atoms with van der Waals surface area (Å²) >= 11 is 0. The molecular formula is C12H23N3O4. The van der Waals surface area contributed by atoms with Gasteiger partial charge >= 0.3 is 12.0 Å². The molecule has 19 heavy (non-hydrogen) atoms. The minimum absolute atomic E-state index is 0.246. The second-order valence-corrected chi connectivity index (χ2v) is 4.35. The van der Waals surface area contributed by atoms with Crippen LogP contribution in [-0.4, -0.2) is 35.6 Å². The van der Waals surface area contributed by atoms with E-state index in [1.54, 1.807) is 0 Å². The van der Waals surface area contributed by atoms with E-state index in [9.17, 15) is 14.4 Å². The van der Waals surface area contributed by atoms with Gasteiger partial charge in [0.2, 0.25) is 5.91 Å². The molecule has 0 spiro atoms. The third kappa shape index (κ3) is 9.87. The molecule has 1 atom stereocenters. The van der Waals surface area contributed by atoms with Gasteiger partial charge in [0.1, 0.15) is 6.04 Å². The predicted molar refractivity (Wildman–Crippen MR) is 70.5 cm³/mol. The Hall–Kier alpha value is -1.79. The number of carbonyl (C=O) groups excluding carboxylic acids is 2. The third-order valence-corrected chi connectivity index (χ3v) is 2.61. The molecule has 7 nitrogen and oxygen atoms in total. The largest absolute Gasteiger partial charge is 0.480 e. The number of hydrogen-bond acceptors (Lipinski definition) is 3. The lowest BCUT2D eigenvalue weighted by molar-refractivity contribution is -0.142. The van der Waals surface area contributed by atoms with Gasteiger partial charge in [-0.1, -0.05) is 19.8 Å². The standard InChI is InChI=1S/C12H23N3O4/c1-2-3-6-9(11(17)18)15-10(16)7-4-5-8-14-12(13)19/h9H,2-8H2,1H3,(H,15,16)(H,17,18)(H3,13,14,19)/t9-/m0/s1. The van der Waals surface area contributed by atoms with Crippen molar-refractivity contribution in [1.29, 1.82) is 0 Å². The van der Waals surface area contributed by atoms with E-state index in [-0.39, 0.29) is 12.3 Å². The number of nitrogens with one attached hydrogen (secondary N) is 2. The van der Waals surface area contributed by atoms with Gasteiger partial charge in [-0.2, -0.15) is 0 Å². The van der Waals surface area contributed by atoms with Gasteiger partial charge in [0.15, 0.2) is 0 Å². The smallest absolute Gasteiger partial charge is 0.326 e. The summed E-state index contributed by atoms with van der Waals surface area (Å²) in [7, 11) is 0. The maximum atomic E-state index is 11.5. The first-order chi connectivity index (χ1) is 8.97. The van der Waals surface area contributed by atoms with Crippen molar-refractivity contribution in [3.63, 3.8) is 0 Å². The maximum Gasteiger partial charge on any atom is 0.326 e. The molecule has 0 unspecified atom stereocenters. The van der Waals surface area contributed by atoms with Crippen LogP contribution in [0.15, 0.2) is 0 Å². The minimum Gasteiger partial charge on any atom is -0.480 e. The molecule has 0 aliphatic heterocycles.